The molecule has 1 aliphatic heterocycles. The zero-order valence-corrected chi connectivity index (χ0v) is 22.3. The van der Waals surface area contributed by atoms with Crippen LogP contribution in [-0.2, 0) is 4.74 Å². The molecule has 0 aromatic carbocycles. The van der Waals surface area contributed by atoms with Crippen LogP contribution in [0.1, 0.15) is 101 Å². The molecule has 0 bridgehead atoms. The Morgan fingerprint density at radius 3 is 2.23 bits per heavy atom. The molecule has 0 radical (unpaired) electrons. The number of pyridine rings is 2. The first kappa shape index (κ1) is 24.8. The molecule has 3 saturated carbocycles. The molecule has 3 fully saturated rings. The van der Waals surface area contributed by atoms with Crippen molar-refractivity contribution in [1.82, 2.24) is 9.97 Å². The van der Waals surface area contributed by atoms with Gasteiger partial charge in [-0.1, -0.05) is 39.3 Å². The third-order valence-corrected chi connectivity index (χ3v) is 8.65. The van der Waals surface area contributed by atoms with Crippen molar-refractivity contribution in [3.05, 3.63) is 46.5 Å². The SMILES string of the molecule is CC1(C)CC1c1cc2c(c(Cl)n1)OC1(CCC1)C[C@@H]2N.COCOc1ccc(C2CC2(C)C)nc1. The number of nitrogens with two attached hydrogens (primary N) is 1. The minimum Gasteiger partial charge on any atom is -0.484 e. The van der Waals surface area contributed by atoms with E-state index in [9.17, 15) is 0 Å². The van der Waals surface area contributed by atoms with Crippen molar-refractivity contribution in [2.75, 3.05) is 13.9 Å². The van der Waals surface area contributed by atoms with Gasteiger partial charge in [-0.15, -0.1) is 0 Å². The fourth-order valence-corrected chi connectivity index (χ4v) is 5.74. The summed E-state index contributed by atoms with van der Waals surface area (Å²) in [5.74, 6) is 2.64. The standard InChI is InChI=1S/C16H21ClN2O.C12H17NO2/c1-15(2)7-10(15)12-6-9-11(18)8-16(4-3-5-16)20-13(9)14(17)19-12;1-12(2)6-10(12)11-5-4-9(7-13-11)15-8-14-3/h6,10-11H,3-5,7-8,18H2,1-2H3;4-5,7,10H,6,8H2,1-3H3/t10?,11-;/m0./s1. The summed E-state index contributed by atoms with van der Waals surface area (Å²) >= 11 is 6.39. The molecular weight excluding hydrogens is 462 g/mol. The van der Waals surface area contributed by atoms with Crippen LogP contribution in [0.5, 0.6) is 11.5 Å². The normalized spacial score (nSPS) is 28.0. The lowest BCUT2D eigenvalue weighted by Crippen LogP contribution is -2.48. The van der Waals surface area contributed by atoms with E-state index in [4.69, 9.17) is 31.5 Å². The zero-order chi connectivity index (χ0) is 25.0. The highest BCUT2D eigenvalue weighted by Crippen LogP contribution is 2.60. The number of rotatable bonds is 5. The minimum atomic E-state index is -0.0574. The van der Waals surface area contributed by atoms with Gasteiger partial charge in [-0.2, -0.15) is 0 Å². The van der Waals surface area contributed by atoms with Crippen molar-refractivity contribution in [2.24, 2.45) is 16.6 Å². The molecule has 0 saturated heterocycles. The van der Waals surface area contributed by atoms with E-state index in [2.05, 4.69) is 43.7 Å². The Bertz CT molecular complexity index is 1080. The maximum Gasteiger partial charge on any atom is 0.188 e. The molecule has 35 heavy (non-hydrogen) atoms. The van der Waals surface area contributed by atoms with Gasteiger partial charge in [0.15, 0.2) is 17.7 Å². The van der Waals surface area contributed by atoms with Crippen LogP contribution in [0.4, 0.5) is 0 Å². The molecule has 190 valence electrons. The monoisotopic (exact) mass is 499 g/mol. The molecule has 0 amide bonds. The van der Waals surface area contributed by atoms with E-state index < -0.39 is 0 Å². The third-order valence-electron chi connectivity index (χ3n) is 8.40. The van der Waals surface area contributed by atoms with Crippen LogP contribution in [0, 0.1) is 10.8 Å². The average Bonchev–Trinajstić information content (AvgIpc) is 3.65. The average molecular weight is 500 g/mol. The highest BCUT2D eigenvalue weighted by Gasteiger charge is 2.50. The van der Waals surface area contributed by atoms with E-state index in [0.29, 0.717) is 27.8 Å². The van der Waals surface area contributed by atoms with Crippen LogP contribution in [0.3, 0.4) is 0 Å². The molecule has 2 aromatic rings. The first-order valence-corrected chi connectivity index (χ1v) is 13.1. The molecule has 3 heterocycles. The van der Waals surface area contributed by atoms with Crippen molar-refractivity contribution < 1.29 is 14.2 Å². The maximum absolute atomic E-state index is 6.39. The molecule has 3 atom stereocenters. The highest BCUT2D eigenvalue weighted by atomic mass is 35.5. The quantitative estimate of drug-likeness (QED) is 0.372. The summed E-state index contributed by atoms with van der Waals surface area (Å²) in [5.41, 5.74) is 10.4. The molecule has 6 nitrogen and oxygen atoms in total. The largest absolute Gasteiger partial charge is 0.484 e. The predicted molar refractivity (Wildman–Crippen MR) is 137 cm³/mol. The summed E-state index contributed by atoms with van der Waals surface area (Å²) in [6.07, 6.45) is 8.49. The lowest BCUT2D eigenvalue weighted by molar-refractivity contribution is -0.0332. The number of hydrogen-bond acceptors (Lipinski definition) is 6. The molecule has 3 aliphatic carbocycles. The van der Waals surface area contributed by atoms with Gasteiger partial charge in [0.05, 0.1) is 6.20 Å². The van der Waals surface area contributed by atoms with E-state index in [0.717, 1.165) is 42.0 Å². The van der Waals surface area contributed by atoms with Crippen molar-refractivity contribution in [2.45, 2.75) is 89.7 Å². The number of hydrogen-bond donors (Lipinski definition) is 1. The van der Waals surface area contributed by atoms with E-state index in [1.165, 1.54) is 25.0 Å². The lowest BCUT2D eigenvalue weighted by atomic mass is 9.73. The summed E-state index contributed by atoms with van der Waals surface area (Å²) in [5, 5.41) is 0.502. The summed E-state index contributed by atoms with van der Waals surface area (Å²) < 4.78 is 16.3. The van der Waals surface area contributed by atoms with E-state index in [1.54, 1.807) is 13.3 Å². The second-order valence-electron chi connectivity index (χ2n) is 12.2. The Kier molecular flexibility index (Phi) is 6.30. The first-order valence-electron chi connectivity index (χ1n) is 12.8. The van der Waals surface area contributed by atoms with Gasteiger partial charge in [0, 0.05) is 48.4 Å². The molecule has 1 spiro atoms. The smallest absolute Gasteiger partial charge is 0.188 e. The Labute approximate surface area is 213 Å². The van der Waals surface area contributed by atoms with Gasteiger partial charge >= 0.3 is 0 Å². The third kappa shape index (κ3) is 5.03. The molecule has 2 N–H and O–H groups in total. The second kappa shape index (κ2) is 8.89. The van der Waals surface area contributed by atoms with E-state index >= 15 is 0 Å². The number of fused-ring (bicyclic) bond motifs is 1. The van der Waals surface area contributed by atoms with Crippen LogP contribution >= 0.6 is 11.6 Å². The zero-order valence-electron chi connectivity index (χ0n) is 21.6. The van der Waals surface area contributed by atoms with Crippen molar-refractivity contribution >= 4 is 11.6 Å². The number of halogens is 1. The molecule has 6 rings (SSSR count). The maximum atomic E-state index is 6.39. The van der Waals surface area contributed by atoms with Crippen LogP contribution in [0.25, 0.3) is 0 Å². The van der Waals surface area contributed by atoms with E-state index in [1.807, 2.05) is 12.1 Å². The first-order chi connectivity index (χ1) is 16.5. The summed E-state index contributed by atoms with van der Waals surface area (Å²) in [6.45, 7) is 9.36. The molecular formula is C28H38ClN3O3. The Balaban J connectivity index is 0.000000152. The predicted octanol–water partition coefficient (Wildman–Crippen LogP) is 6.53. The van der Waals surface area contributed by atoms with Gasteiger partial charge in [0.25, 0.3) is 0 Å². The number of ether oxygens (including phenoxy) is 3. The number of nitrogens with zero attached hydrogens (tertiary/aromatic N) is 2. The minimum absolute atomic E-state index is 0.0279. The molecule has 4 aliphatic rings. The second-order valence-corrected chi connectivity index (χ2v) is 12.5. The van der Waals surface area contributed by atoms with Crippen molar-refractivity contribution in [1.29, 1.82) is 0 Å². The van der Waals surface area contributed by atoms with Gasteiger partial charge in [0.1, 0.15) is 11.4 Å². The van der Waals surface area contributed by atoms with Gasteiger partial charge in [-0.05, 0) is 61.1 Å². The van der Waals surface area contributed by atoms with Gasteiger partial charge in [0.2, 0.25) is 0 Å². The van der Waals surface area contributed by atoms with Gasteiger partial charge in [-0.25, -0.2) is 4.98 Å². The molecule has 2 unspecified atom stereocenters. The summed E-state index contributed by atoms with van der Waals surface area (Å²) in [6, 6.07) is 6.16. The van der Waals surface area contributed by atoms with E-state index in [-0.39, 0.29) is 18.4 Å². The van der Waals surface area contributed by atoms with Crippen molar-refractivity contribution in [3.63, 3.8) is 0 Å². The van der Waals surface area contributed by atoms with Crippen LogP contribution in [-0.4, -0.2) is 29.5 Å². The number of methoxy groups -OCH3 is 1. The van der Waals surface area contributed by atoms with Crippen LogP contribution in [0.15, 0.2) is 24.4 Å². The highest BCUT2D eigenvalue weighted by molar-refractivity contribution is 6.31. The Morgan fingerprint density at radius 1 is 1.06 bits per heavy atom. The van der Waals surface area contributed by atoms with Gasteiger partial charge in [-0.3, -0.25) is 4.98 Å². The Hall–Kier alpha value is -1.89. The summed E-state index contributed by atoms with van der Waals surface area (Å²) in [4.78, 5) is 9.00. The molecule has 2 aromatic heterocycles. The Morgan fingerprint density at radius 2 is 1.71 bits per heavy atom. The summed E-state index contributed by atoms with van der Waals surface area (Å²) in [7, 11) is 1.61. The number of aromatic nitrogens is 2. The van der Waals surface area contributed by atoms with Crippen LogP contribution in [0.2, 0.25) is 5.15 Å². The van der Waals surface area contributed by atoms with Gasteiger partial charge < -0.3 is 19.9 Å². The lowest BCUT2D eigenvalue weighted by Gasteiger charge is -2.47. The van der Waals surface area contributed by atoms with Crippen molar-refractivity contribution in [3.8, 4) is 11.5 Å². The molecule has 7 heteroatoms. The topological polar surface area (TPSA) is 79.5 Å². The fraction of sp³-hybridized carbons (Fsp3) is 0.643. The van der Waals surface area contributed by atoms with Crippen LogP contribution < -0.4 is 15.2 Å². The fourth-order valence-electron chi connectivity index (χ4n) is 5.50.